The molecule has 1 aromatic rings. The van der Waals surface area contributed by atoms with Crippen LogP contribution in [-0.4, -0.2) is 18.8 Å². The van der Waals surface area contributed by atoms with Crippen molar-refractivity contribution in [2.45, 2.75) is 51.4 Å². The van der Waals surface area contributed by atoms with E-state index in [-0.39, 0.29) is 6.04 Å². The van der Waals surface area contributed by atoms with Crippen LogP contribution in [-0.2, 0) is 0 Å². The highest BCUT2D eigenvalue weighted by molar-refractivity contribution is 5.43. The summed E-state index contributed by atoms with van der Waals surface area (Å²) in [7, 11) is 0. The predicted octanol–water partition coefficient (Wildman–Crippen LogP) is 4.14. The summed E-state index contributed by atoms with van der Waals surface area (Å²) >= 11 is 0. The van der Waals surface area contributed by atoms with Crippen molar-refractivity contribution in [2.75, 3.05) is 6.61 Å². The largest absolute Gasteiger partial charge is 0.493 e. The second-order valence-electron chi connectivity index (χ2n) is 5.42. The van der Waals surface area contributed by atoms with Gasteiger partial charge >= 0.3 is 6.18 Å². The molecule has 2 nitrogen and oxygen atoms in total. The topological polar surface area (TPSA) is 21.3 Å². The molecule has 1 aromatic carbocycles. The van der Waals surface area contributed by atoms with Crippen molar-refractivity contribution in [2.24, 2.45) is 0 Å². The number of hydrogen-bond donors (Lipinski definition) is 1. The van der Waals surface area contributed by atoms with Crippen LogP contribution in [0.5, 0.6) is 5.75 Å². The summed E-state index contributed by atoms with van der Waals surface area (Å²) < 4.78 is 43.0. The fourth-order valence-electron chi connectivity index (χ4n) is 2.69. The molecule has 1 heterocycles. The van der Waals surface area contributed by atoms with Crippen LogP contribution in [0.3, 0.4) is 0 Å². The first kappa shape index (κ1) is 15.2. The van der Waals surface area contributed by atoms with Gasteiger partial charge in [0.05, 0.1) is 13.0 Å². The number of ether oxygens (including phenoxy) is 1. The fraction of sp³-hybridized carbons (Fsp3) is 0.600. The molecule has 20 heavy (non-hydrogen) atoms. The second kappa shape index (κ2) is 6.04. The quantitative estimate of drug-likeness (QED) is 0.902. The maximum absolute atomic E-state index is 12.4. The number of para-hydroxylation sites is 1. The Bertz CT molecular complexity index is 459. The van der Waals surface area contributed by atoms with Gasteiger partial charge in [0.1, 0.15) is 5.75 Å². The van der Waals surface area contributed by atoms with Gasteiger partial charge in [0, 0.05) is 17.6 Å². The lowest BCUT2D eigenvalue weighted by molar-refractivity contribution is -0.139. The normalized spacial score (nSPS) is 20.8. The molecular weight excluding hydrogens is 267 g/mol. The molecule has 0 saturated heterocycles. The highest BCUT2D eigenvalue weighted by Gasteiger charge is 2.31. The molecule has 1 aliphatic heterocycles. The first-order valence-corrected chi connectivity index (χ1v) is 6.92. The number of fused-ring (bicyclic) bond motifs is 1. The number of alkyl halides is 3. The molecule has 0 amide bonds. The molecule has 112 valence electrons. The van der Waals surface area contributed by atoms with Gasteiger partial charge in [-0.3, -0.25) is 0 Å². The number of rotatable bonds is 3. The molecule has 2 unspecified atom stereocenters. The van der Waals surface area contributed by atoms with Crippen molar-refractivity contribution < 1.29 is 17.9 Å². The van der Waals surface area contributed by atoms with E-state index in [4.69, 9.17) is 4.74 Å². The molecule has 1 aliphatic rings. The zero-order valence-corrected chi connectivity index (χ0v) is 11.8. The van der Waals surface area contributed by atoms with E-state index in [0.29, 0.717) is 6.61 Å². The summed E-state index contributed by atoms with van der Waals surface area (Å²) in [5.41, 5.74) is 2.00. The van der Waals surface area contributed by atoms with Crippen LogP contribution < -0.4 is 10.1 Å². The first-order valence-electron chi connectivity index (χ1n) is 6.92. The molecule has 0 radical (unpaired) electrons. The van der Waals surface area contributed by atoms with Crippen LogP contribution in [0.1, 0.15) is 43.4 Å². The maximum Gasteiger partial charge on any atom is 0.390 e. The van der Waals surface area contributed by atoms with E-state index in [9.17, 15) is 13.2 Å². The third-order valence-electron chi connectivity index (χ3n) is 3.52. The molecule has 0 spiro atoms. The third-order valence-corrected chi connectivity index (χ3v) is 3.52. The highest BCUT2D eigenvalue weighted by atomic mass is 19.4. The van der Waals surface area contributed by atoms with E-state index < -0.39 is 18.6 Å². The van der Waals surface area contributed by atoms with E-state index in [0.717, 1.165) is 29.7 Å². The minimum Gasteiger partial charge on any atom is -0.493 e. The molecule has 2 rings (SSSR count). The van der Waals surface area contributed by atoms with Crippen LogP contribution in [0.2, 0.25) is 0 Å². The summed E-state index contributed by atoms with van der Waals surface area (Å²) in [5, 5.41) is 3.10. The van der Waals surface area contributed by atoms with Gasteiger partial charge in [0.2, 0.25) is 0 Å². The Morgan fingerprint density at radius 3 is 2.85 bits per heavy atom. The van der Waals surface area contributed by atoms with E-state index in [1.807, 2.05) is 25.1 Å². The van der Waals surface area contributed by atoms with Gasteiger partial charge in [-0.15, -0.1) is 0 Å². The minimum absolute atomic E-state index is 0.0789. The first-order chi connectivity index (χ1) is 9.37. The van der Waals surface area contributed by atoms with Crippen molar-refractivity contribution in [1.82, 2.24) is 5.32 Å². The lowest BCUT2D eigenvalue weighted by Crippen LogP contribution is -2.34. The van der Waals surface area contributed by atoms with Gasteiger partial charge in [0.25, 0.3) is 0 Å². The lowest BCUT2D eigenvalue weighted by atomic mass is 9.98. The average molecular weight is 287 g/mol. The SMILES string of the molecule is Cc1cccc2c1OCCCC2NC(C)CC(F)(F)F. The van der Waals surface area contributed by atoms with Gasteiger partial charge in [-0.25, -0.2) is 0 Å². The Labute approximate surface area is 117 Å². The van der Waals surface area contributed by atoms with Gasteiger partial charge < -0.3 is 10.1 Å². The third kappa shape index (κ3) is 3.88. The van der Waals surface area contributed by atoms with Crippen molar-refractivity contribution >= 4 is 0 Å². The second-order valence-corrected chi connectivity index (χ2v) is 5.42. The number of halogens is 3. The van der Waals surface area contributed by atoms with Crippen molar-refractivity contribution in [3.63, 3.8) is 0 Å². The van der Waals surface area contributed by atoms with Gasteiger partial charge in [-0.05, 0) is 32.3 Å². The Morgan fingerprint density at radius 1 is 1.40 bits per heavy atom. The van der Waals surface area contributed by atoms with E-state index in [1.54, 1.807) is 6.92 Å². The van der Waals surface area contributed by atoms with Crippen molar-refractivity contribution in [3.05, 3.63) is 29.3 Å². The summed E-state index contributed by atoms with van der Waals surface area (Å²) in [6.45, 7) is 4.15. The van der Waals surface area contributed by atoms with E-state index in [2.05, 4.69) is 5.32 Å². The molecule has 2 atom stereocenters. The Morgan fingerprint density at radius 2 is 2.15 bits per heavy atom. The number of benzene rings is 1. The molecule has 5 heteroatoms. The van der Waals surface area contributed by atoms with E-state index in [1.165, 1.54) is 0 Å². The zero-order valence-electron chi connectivity index (χ0n) is 11.8. The fourth-order valence-corrected chi connectivity index (χ4v) is 2.69. The molecule has 1 N–H and O–H groups in total. The van der Waals surface area contributed by atoms with Gasteiger partial charge in [0.15, 0.2) is 0 Å². The molecular formula is C15H20F3NO. The molecule has 0 saturated carbocycles. The smallest absolute Gasteiger partial charge is 0.390 e. The molecule has 0 aliphatic carbocycles. The van der Waals surface area contributed by atoms with Gasteiger partial charge in [-0.1, -0.05) is 18.2 Å². The summed E-state index contributed by atoms with van der Waals surface area (Å²) in [6, 6.07) is 5.13. The number of nitrogens with one attached hydrogen (secondary N) is 1. The summed E-state index contributed by atoms with van der Waals surface area (Å²) in [4.78, 5) is 0. The van der Waals surface area contributed by atoms with Gasteiger partial charge in [-0.2, -0.15) is 13.2 Å². The van der Waals surface area contributed by atoms with Crippen LogP contribution in [0.25, 0.3) is 0 Å². The maximum atomic E-state index is 12.4. The van der Waals surface area contributed by atoms with Crippen LogP contribution in [0.4, 0.5) is 13.2 Å². The highest BCUT2D eigenvalue weighted by Crippen LogP contribution is 2.34. The predicted molar refractivity (Wildman–Crippen MR) is 71.9 cm³/mol. The Kier molecular flexibility index (Phi) is 4.58. The van der Waals surface area contributed by atoms with Crippen LogP contribution in [0.15, 0.2) is 18.2 Å². The lowest BCUT2D eigenvalue weighted by Gasteiger charge is -2.24. The van der Waals surface area contributed by atoms with Crippen LogP contribution >= 0.6 is 0 Å². The Balaban J connectivity index is 2.15. The van der Waals surface area contributed by atoms with E-state index >= 15 is 0 Å². The zero-order chi connectivity index (χ0) is 14.8. The molecule has 0 fully saturated rings. The Hall–Kier alpha value is -1.23. The summed E-state index contributed by atoms with van der Waals surface area (Å²) in [6.07, 6.45) is -3.32. The molecule has 0 bridgehead atoms. The summed E-state index contributed by atoms with van der Waals surface area (Å²) in [5.74, 6) is 0.821. The average Bonchev–Trinajstić information content (AvgIpc) is 2.51. The molecule has 0 aromatic heterocycles. The number of aryl methyl sites for hydroxylation is 1. The van der Waals surface area contributed by atoms with Crippen LogP contribution in [0, 0.1) is 6.92 Å². The van der Waals surface area contributed by atoms with Crippen molar-refractivity contribution in [1.29, 1.82) is 0 Å². The minimum atomic E-state index is -4.14. The van der Waals surface area contributed by atoms with Crippen molar-refractivity contribution in [3.8, 4) is 5.75 Å². The number of hydrogen-bond acceptors (Lipinski definition) is 2. The monoisotopic (exact) mass is 287 g/mol. The standard InChI is InChI=1S/C15H20F3NO/c1-10-5-3-6-12-13(7-4-8-20-14(10)12)19-11(2)9-15(16,17)18/h3,5-6,11,13,19H,4,7-9H2,1-2H3.